The first-order valence-corrected chi connectivity index (χ1v) is 14.1. The number of halogens is 1. The number of benzene rings is 2. The van der Waals surface area contributed by atoms with Crippen molar-refractivity contribution in [3.8, 4) is 0 Å². The van der Waals surface area contributed by atoms with Gasteiger partial charge in [0.25, 0.3) is 0 Å². The number of amides is 2. The summed E-state index contributed by atoms with van der Waals surface area (Å²) in [6.45, 7) is 3.67. The molecule has 0 bridgehead atoms. The van der Waals surface area contributed by atoms with E-state index in [-0.39, 0.29) is 22.6 Å². The summed E-state index contributed by atoms with van der Waals surface area (Å²) in [7, 11) is -3.76. The molecule has 7 nitrogen and oxygen atoms in total. The van der Waals surface area contributed by atoms with E-state index in [1.54, 1.807) is 11.0 Å². The zero-order valence-corrected chi connectivity index (χ0v) is 21.6. The third-order valence-corrected chi connectivity index (χ3v) is 10.1. The number of hydrogen-bond donors (Lipinski definition) is 0. The quantitative estimate of drug-likeness (QED) is 0.586. The number of para-hydroxylation sites is 1. The van der Waals surface area contributed by atoms with Gasteiger partial charge in [-0.15, -0.1) is 0 Å². The number of sulfonamides is 1. The molecule has 0 N–H and O–H groups in total. The van der Waals surface area contributed by atoms with Crippen LogP contribution in [0.1, 0.15) is 37.3 Å². The summed E-state index contributed by atoms with van der Waals surface area (Å²) in [5, 5.41) is 0. The highest BCUT2D eigenvalue weighted by molar-refractivity contribution is 9.10. The average Bonchev–Trinajstić information content (AvgIpc) is 3.46. The van der Waals surface area contributed by atoms with Gasteiger partial charge in [-0.1, -0.05) is 25.1 Å². The van der Waals surface area contributed by atoms with Crippen molar-refractivity contribution in [1.29, 1.82) is 0 Å². The molecule has 34 heavy (non-hydrogen) atoms. The molecule has 3 heterocycles. The van der Waals surface area contributed by atoms with Crippen molar-refractivity contribution < 1.29 is 18.0 Å². The van der Waals surface area contributed by atoms with E-state index < -0.39 is 10.0 Å². The van der Waals surface area contributed by atoms with E-state index in [0.717, 1.165) is 17.7 Å². The fourth-order valence-electron chi connectivity index (χ4n) is 5.31. The Kier molecular flexibility index (Phi) is 6.29. The minimum Gasteiger partial charge on any atom is -0.312 e. The maximum atomic E-state index is 13.5. The molecule has 2 amide bonds. The van der Waals surface area contributed by atoms with Gasteiger partial charge in [0.05, 0.1) is 4.90 Å². The predicted molar refractivity (Wildman–Crippen MR) is 134 cm³/mol. The van der Waals surface area contributed by atoms with E-state index in [4.69, 9.17) is 0 Å². The van der Waals surface area contributed by atoms with Gasteiger partial charge in [-0.25, -0.2) is 8.42 Å². The Hall–Kier alpha value is -2.23. The van der Waals surface area contributed by atoms with Gasteiger partial charge in [0, 0.05) is 54.4 Å². The Bertz CT molecular complexity index is 1250. The SMILES string of the molecule is CCC(=O)N1CCc2cc(Br)c(S(=O)(=O)N3CCC(C(=O)N4CCc5ccccc54)CC3)cc21. The van der Waals surface area contributed by atoms with Gasteiger partial charge in [0.1, 0.15) is 0 Å². The molecule has 0 aromatic heterocycles. The van der Waals surface area contributed by atoms with Gasteiger partial charge in [-0.05, 0) is 70.9 Å². The van der Waals surface area contributed by atoms with E-state index in [1.807, 2.05) is 36.1 Å². The van der Waals surface area contributed by atoms with Crippen LogP contribution in [0.15, 0.2) is 45.8 Å². The number of rotatable bonds is 4. The molecule has 0 atom stereocenters. The topological polar surface area (TPSA) is 78.0 Å². The Morgan fingerprint density at radius 3 is 2.35 bits per heavy atom. The first-order chi connectivity index (χ1) is 16.3. The van der Waals surface area contributed by atoms with Crippen molar-refractivity contribution in [1.82, 2.24) is 4.31 Å². The van der Waals surface area contributed by atoms with E-state index in [2.05, 4.69) is 22.0 Å². The maximum Gasteiger partial charge on any atom is 0.244 e. The number of carbonyl (C=O) groups excluding carboxylic acids is 2. The van der Waals surface area contributed by atoms with Crippen molar-refractivity contribution in [3.63, 3.8) is 0 Å². The van der Waals surface area contributed by atoms with Crippen molar-refractivity contribution in [2.45, 2.75) is 43.9 Å². The van der Waals surface area contributed by atoms with Crippen LogP contribution >= 0.6 is 15.9 Å². The van der Waals surface area contributed by atoms with E-state index >= 15 is 0 Å². The van der Waals surface area contributed by atoms with Gasteiger partial charge in [-0.2, -0.15) is 4.31 Å². The molecular formula is C25H28BrN3O4S. The number of anilines is 2. The molecule has 2 aromatic rings. The van der Waals surface area contributed by atoms with E-state index in [0.29, 0.717) is 62.0 Å². The average molecular weight is 546 g/mol. The zero-order chi connectivity index (χ0) is 24.0. The Balaban J connectivity index is 1.32. The van der Waals surface area contributed by atoms with Crippen molar-refractivity contribution >= 4 is 49.1 Å². The van der Waals surface area contributed by atoms with Crippen LogP contribution in [0.25, 0.3) is 0 Å². The minimum absolute atomic E-state index is 0.00719. The molecular weight excluding hydrogens is 518 g/mol. The molecule has 0 aliphatic carbocycles. The summed E-state index contributed by atoms with van der Waals surface area (Å²) in [6, 6.07) is 11.4. The number of piperidine rings is 1. The van der Waals surface area contributed by atoms with Crippen LogP contribution in [0.2, 0.25) is 0 Å². The van der Waals surface area contributed by atoms with Crippen LogP contribution in [-0.4, -0.2) is 50.7 Å². The van der Waals surface area contributed by atoms with Crippen molar-refractivity contribution in [2.24, 2.45) is 5.92 Å². The second-order valence-electron chi connectivity index (χ2n) is 9.11. The second kappa shape index (κ2) is 9.09. The lowest BCUT2D eigenvalue weighted by molar-refractivity contribution is -0.123. The number of nitrogens with zero attached hydrogens (tertiary/aromatic N) is 3. The van der Waals surface area contributed by atoms with Crippen LogP contribution < -0.4 is 9.80 Å². The summed E-state index contributed by atoms with van der Waals surface area (Å²) < 4.78 is 29.1. The Labute approximate surface area is 208 Å². The van der Waals surface area contributed by atoms with Crippen LogP contribution in [0, 0.1) is 5.92 Å². The molecule has 9 heteroatoms. The van der Waals surface area contributed by atoms with Gasteiger partial charge in [0.15, 0.2) is 0 Å². The Morgan fingerprint density at radius 2 is 1.62 bits per heavy atom. The lowest BCUT2D eigenvalue weighted by atomic mass is 9.96. The molecule has 180 valence electrons. The fraction of sp³-hybridized carbons (Fsp3) is 0.440. The highest BCUT2D eigenvalue weighted by Gasteiger charge is 2.37. The molecule has 3 aliphatic rings. The largest absolute Gasteiger partial charge is 0.312 e. The highest BCUT2D eigenvalue weighted by Crippen LogP contribution is 2.38. The van der Waals surface area contributed by atoms with Crippen LogP contribution in [0.4, 0.5) is 11.4 Å². The smallest absolute Gasteiger partial charge is 0.244 e. The van der Waals surface area contributed by atoms with Crippen molar-refractivity contribution in [3.05, 3.63) is 52.0 Å². The summed E-state index contributed by atoms with van der Waals surface area (Å²) in [5.74, 6) is -0.0969. The van der Waals surface area contributed by atoms with Crippen LogP contribution in [-0.2, 0) is 32.5 Å². The lowest BCUT2D eigenvalue weighted by Gasteiger charge is -2.33. The van der Waals surface area contributed by atoms with Crippen LogP contribution in [0.3, 0.4) is 0 Å². The first-order valence-electron chi connectivity index (χ1n) is 11.8. The van der Waals surface area contributed by atoms with Gasteiger partial charge in [-0.3, -0.25) is 9.59 Å². The third-order valence-electron chi connectivity index (χ3n) is 7.21. The fourth-order valence-corrected chi connectivity index (χ4v) is 7.85. The monoisotopic (exact) mass is 545 g/mol. The van der Waals surface area contributed by atoms with Gasteiger partial charge in [0.2, 0.25) is 21.8 Å². The molecule has 3 aliphatic heterocycles. The lowest BCUT2D eigenvalue weighted by Crippen LogP contribution is -2.44. The number of fused-ring (bicyclic) bond motifs is 2. The summed E-state index contributed by atoms with van der Waals surface area (Å²) in [5.41, 5.74) is 3.83. The highest BCUT2D eigenvalue weighted by atomic mass is 79.9. The summed E-state index contributed by atoms with van der Waals surface area (Å²) in [6.07, 6.45) is 2.95. The second-order valence-corrected chi connectivity index (χ2v) is 11.9. The van der Waals surface area contributed by atoms with Crippen LogP contribution in [0.5, 0.6) is 0 Å². The normalized spacial score (nSPS) is 18.8. The first kappa shape index (κ1) is 23.5. The molecule has 0 radical (unpaired) electrons. The minimum atomic E-state index is -3.76. The zero-order valence-electron chi connectivity index (χ0n) is 19.2. The predicted octanol–water partition coefficient (Wildman–Crippen LogP) is 3.74. The standard InChI is InChI=1S/C25H28BrN3O4S/c1-2-24(30)28-13-10-19-15-20(26)23(16-22(19)28)34(32,33)27-11-7-18(8-12-27)25(31)29-14-9-17-5-3-4-6-21(17)29/h3-6,15-16,18H,2,7-14H2,1H3. The molecule has 5 rings (SSSR count). The molecule has 0 spiro atoms. The molecule has 0 saturated carbocycles. The molecule has 2 aromatic carbocycles. The maximum absolute atomic E-state index is 13.5. The summed E-state index contributed by atoms with van der Waals surface area (Å²) in [4.78, 5) is 29.3. The van der Waals surface area contributed by atoms with Gasteiger partial charge < -0.3 is 9.80 Å². The van der Waals surface area contributed by atoms with Crippen molar-refractivity contribution in [2.75, 3.05) is 36.0 Å². The number of hydrogen-bond acceptors (Lipinski definition) is 4. The molecule has 0 unspecified atom stereocenters. The van der Waals surface area contributed by atoms with E-state index in [9.17, 15) is 18.0 Å². The molecule has 1 saturated heterocycles. The Morgan fingerprint density at radius 1 is 0.941 bits per heavy atom. The number of carbonyl (C=O) groups is 2. The summed E-state index contributed by atoms with van der Waals surface area (Å²) >= 11 is 3.45. The van der Waals surface area contributed by atoms with Gasteiger partial charge >= 0.3 is 0 Å². The molecule has 1 fully saturated rings. The van der Waals surface area contributed by atoms with E-state index in [1.165, 1.54) is 9.87 Å². The third kappa shape index (κ3) is 3.97.